The number of ether oxygens (including phenoxy) is 3. The van der Waals surface area contributed by atoms with Gasteiger partial charge in [0.05, 0.1) is 12.2 Å². The van der Waals surface area contributed by atoms with Crippen LogP contribution in [0.15, 0.2) is 0 Å². The van der Waals surface area contributed by atoms with Crippen molar-refractivity contribution < 1.29 is 33.4 Å². The molecule has 0 aliphatic heterocycles. The molecule has 33 heavy (non-hydrogen) atoms. The molecule has 3 N–H and O–H groups in total. The lowest BCUT2D eigenvalue weighted by molar-refractivity contribution is -0.135. The highest BCUT2D eigenvalue weighted by atomic mass is 16.6. The fraction of sp³-hybridized carbons (Fsp3) is 0.826. The maximum Gasteiger partial charge on any atom is 0.416 e. The Balaban J connectivity index is 4.46. The van der Waals surface area contributed by atoms with Gasteiger partial charge in [-0.1, -0.05) is 20.8 Å². The van der Waals surface area contributed by atoms with Crippen LogP contribution in [0.2, 0.25) is 0 Å². The Morgan fingerprint density at radius 1 is 0.727 bits per heavy atom. The summed E-state index contributed by atoms with van der Waals surface area (Å²) < 4.78 is 15.4. The third-order valence-electron chi connectivity index (χ3n) is 4.20. The number of ketones is 1. The van der Waals surface area contributed by atoms with Gasteiger partial charge in [0.25, 0.3) is 0 Å². The van der Waals surface area contributed by atoms with E-state index in [1.165, 1.54) is 0 Å². The maximum atomic E-state index is 12.2. The molecule has 0 aliphatic carbocycles. The minimum atomic E-state index is -0.902. The number of hydrogen-bond acceptors (Lipinski definition) is 7. The first-order valence-corrected chi connectivity index (χ1v) is 11.1. The summed E-state index contributed by atoms with van der Waals surface area (Å²) in [5.41, 5.74) is -2.37. The predicted octanol–water partition coefficient (Wildman–Crippen LogP) is 2.93. The lowest BCUT2D eigenvalue weighted by Crippen LogP contribution is -2.54. The molecule has 0 aliphatic rings. The minimum Gasteiger partial charge on any atom is -0.374 e. The molecule has 0 rings (SSSR count). The van der Waals surface area contributed by atoms with E-state index in [4.69, 9.17) is 14.2 Å². The summed E-state index contributed by atoms with van der Waals surface area (Å²) in [4.78, 5) is 47.9. The van der Waals surface area contributed by atoms with Gasteiger partial charge in [-0.15, -0.1) is 0 Å². The summed E-state index contributed by atoms with van der Waals surface area (Å²) in [7, 11) is 0. The zero-order valence-electron chi connectivity index (χ0n) is 21.9. The Bertz CT molecular complexity index is 689. The molecule has 0 spiro atoms. The lowest BCUT2D eigenvalue weighted by atomic mass is 9.87. The van der Waals surface area contributed by atoms with E-state index in [1.54, 1.807) is 48.5 Å². The van der Waals surface area contributed by atoms with E-state index in [0.717, 1.165) is 0 Å². The van der Waals surface area contributed by atoms with E-state index in [9.17, 15) is 19.2 Å². The highest BCUT2D eigenvalue weighted by molar-refractivity contribution is 5.85. The predicted molar refractivity (Wildman–Crippen MR) is 125 cm³/mol. The van der Waals surface area contributed by atoms with Crippen LogP contribution in [0, 0.1) is 5.41 Å². The fourth-order valence-electron chi connectivity index (χ4n) is 2.99. The highest BCUT2D eigenvalue weighted by Gasteiger charge is 2.32. The molecule has 0 saturated carbocycles. The first kappa shape index (κ1) is 30.8. The van der Waals surface area contributed by atoms with Crippen molar-refractivity contribution in [3.63, 3.8) is 0 Å². The van der Waals surface area contributed by atoms with Crippen molar-refractivity contribution >= 4 is 23.9 Å². The summed E-state index contributed by atoms with van der Waals surface area (Å²) in [6.45, 7) is 18.2. The van der Waals surface area contributed by atoms with Crippen molar-refractivity contribution in [2.75, 3.05) is 26.4 Å². The van der Waals surface area contributed by atoms with Crippen molar-refractivity contribution in [3.8, 4) is 0 Å². The zero-order valence-corrected chi connectivity index (χ0v) is 21.9. The minimum absolute atomic E-state index is 0.0934. The summed E-state index contributed by atoms with van der Waals surface area (Å²) >= 11 is 0. The van der Waals surface area contributed by atoms with Crippen molar-refractivity contribution in [1.82, 2.24) is 16.0 Å². The van der Waals surface area contributed by atoms with Gasteiger partial charge in [-0.2, -0.15) is 0 Å². The van der Waals surface area contributed by atoms with Gasteiger partial charge in [-0.25, -0.2) is 9.59 Å². The largest absolute Gasteiger partial charge is 0.416 e. The van der Waals surface area contributed by atoms with Crippen molar-refractivity contribution in [2.24, 2.45) is 5.41 Å². The smallest absolute Gasteiger partial charge is 0.374 e. The van der Waals surface area contributed by atoms with Gasteiger partial charge in [-0.05, 0) is 54.9 Å². The molecule has 0 aromatic carbocycles. The van der Waals surface area contributed by atoms with Crippen LogP contribution in [0.1, 0.15) is 75.7 Å². The quantitative estimate of drug-likeness (QED) is 0.310. The highest BCUT2D eigenvalue weighted by Crippen LogP contribution is 2.20. The Morgan fingerprint density at radius 2 is 1.27 bits per heavy atom. The molecule has 0 radical (unpaired) electrons. The number of hydrogen-bond donors (Lipinski definition) is 3. The van der Waals surface area contributed by atoms with Crippen LogP contribution in [0.25, 0.3) is 0 Å². The third kappa shape index (κ3) is 16.1. The van der Waals surface area contributed by atoms with E-state index in [0.29, 0.717) is 6.42 Å². The van der Waals surface area contributed by atoms with Crippen molar-refractivity contribution in [1.29, 1.82) is 0 Å². The number of amides is 3. The number of alkyl carbamates (subject to hydrolysis) is 2. The van der Waals surface area contributed by atoms with Crippen LogP contribution in [0.4, 0.5) is 9.59 Å². The second kappa shape index (κ2) is 12.3. The van der Waals surface area contributed by atoms with E-state index in [2.05, 4.69) is 16.0 Å². The molecule has 0 aromatic heterocycles. The number of Topliss-reactive ketones (excluding diaryl/α,β-unsaturated/α-hetero) is 1. The number of carbonyl (C=O) groups excluding carboxylic acids is 4. The molecular weight excluding hydrogens is 430 g/mol. The van der Waals surface area contributed by atoms with Crippen LogP contribution < -0.4 is 16.0 Å². The van der Waals surface area contributed by atoms with Crippen molar-refractivity contribution in [2.45, 2.75) is 92.3 Å². The van der Waals surface area contributed by atoms with E-state index in [1.807, 2.05) is 20.8 Å². The lowest BCUT2D eigenvalue weighted by Gasteiger charge is -2.35. The second-order valence-corrected chi connectivity index (χ2v) is 11.3. The molecule has 0 atom stereocenters. The molecule has 0 saturated heterocycles. The molecule has 192 valence electrons. The molecule has 0 aromatic rings. The first-order valence-electron chi connectivity index (χ1n) is 11.1. The summed E-state index contributed by atoms with van der Waals surface area (Å²) in [5, 5.41) is 7.89. The second-order valence-electron chi connectivity index (χ2n) is 11.3. The van der Waals surface area contributed by atoms with Crippen LogP contribution in [0.3, 0.4) is 0 Å². The summed E-state index contributed by atoms with van der Waals surface area (Å²) in [6, 6.07) is 0. The van der Waals surface area contributed by atoms with Gasteiger partial charge >= 0.3 is 12.2 Å². The van der Waals surface area contributed by atoms with Crippen LogP contribution >= 0.6 is 0 Å². The standard InChI is InChI=1S/C23H43N3O7/c1-20(2,3)16(27)13-31-14-17(28)25-22(7,8)15-23(9,10)26-19(30)33-18(29)24-11-12-32-21(4,5)6/h11-15H2,1-10H3,(H,24,29)(H,25,28)(H,26,30). The molecule has 0 fully saturated rings. The summed E-state index contributed by atoms with van der Waals surface area (Å²) in [6.07, 6.45) is -1.45. The van der Waals surface area contributed by atoms with Gasteiger partial charge in [0.2, 0.25) is 5.91 Å². The number of rotatable bonds is 11. The Kier molecular flexibility index (Phi) is 11.5. The molecule has 10 heteroatoms. The molecule has 3 amide bonds. The van der Waals surface area contributed by atoms with Gasteiger partial charge in [0.15, 0.2) is 5.78 Å². The van der Waals surface area contributed by atoms with Gasteiger partial charge in [-0.3, -0.25) is 9.59 Å². The number of nitrogens with one attached hydrogen (secondary N) is 3. The van der Waals surface area contributed by atoms with Crippen LogP contribution in [-0.4, -0.2) is 66.9 Å². The zero-order chi connectivity index (χ0) is 26.1. The summed E-state index contributed by atoms with van der Waals surface area (Å²) in [5.74, 6) is -0.471. The molecular formula is C23H43N3O7. The topological polar surface area (TPSA) is 132 Å². The van der Waals surface area contributed by atoms with Gasteiger partial charge in [0.1, 0.15) is 13.2 Å². The van der Waals surface area contributed by atoms with Gasteiger partial charge < -0.3 is 30.2 Å². The molecule has 0 bridgehead atoms. The third-order valence-corrected chi connectivity index (χ3v) is 4.20. The van der Waals surface area contributed by atoms with E-state index in [-0.39, 0.29) is 43.7 Å². The Hall–Kier alpha value is -2.20. The Morgan fingerprint density at radius 3 is 1.79 bits per heavy atom. The Labute approximate surface area is 197 Å². The van der Waals surface area contributed by atoms with Crippen LogP contribution in [-0.2, 0) is 23.8 Å². The first-order chi connectivity index (χ1) is 14.7. The van der Waals surface area contributed by atoms with E-state index >= 15 is 0 Å². The maximum absolute atomic E-state index is 12.2. The van der Waals surface area contributed by atoms with E-state index < -0.39 is 28.7 Å². The van der Waals surface area contributed by atoms with Crippen LogP contribution in [0.5, 0.6) is 0 Å². The van der Waals surface area contributed by atoms with Crippen molar-refractivity contribution in [3.05, 3.63) is 0 Å². The average molecular weight is 474 g/mol. The molecule has 0 heterocycles. The normalized spacial score (nSPS) is 12.7. The van der Waals surface area contributed by atoms with Gasteiger partial charge in [0, 0.05) is 23.0 Å². The average Bonchev–Trinajstić information content (AvgIpc) is 2.54. The fourth-order valence-corrected chi connectivity index (χ4v) is 2.99. The SMILES string of the molecule is CC(C)(CC(C)(C)NC(=O)OC(=O)NCCOC(C)(C)C)NC(=O)COCC(=O)C(C)(C)C. The number of carbonyl (C=O) groups is 4. The molecule has 0 unspecified atom stereocenters. The molecule has 10 nitrogen and oxygen atoms in total. The monoisotopic (exact) mass is 473 g/mol.